The van der Waals surface area contributed by atoms with E-state index in [0.717, 1.165) is 16.7 Å². The third kappa shape index (κ3) is 1.01. The molecule has 1 aromatic carbocycles. The zero-order valence-corrected chi connectivity index (χ0v) is 7.18. The zero-order valence-electron chi connectivity index (χ0n) is 7.18. The monoisotopic (exact) mass is 186 g/mol. The van der Waals surface area contributed by atoms with Gasteiger partial charge in [0.25, 0.3) is 0 Å². The molecule has 0 aliphatic carbocycles. The molecular weight excluding hydrogens is 180 g/mol. The number of oxazole rings is 1. The molecule has 3 aromatic rings. The van der Waals surface area contributed by atoms with Crippen LogP contribution >= 0.6 is 0 Å². The third-order valence-electron chi connectivity index (χ3n) is 1.97. The minimum Gasteiger partial charge on any atom is -0.436 e. The van der Waals surface area contributed by atoms with Gasteiger partial charge in [-0.3, -0.25) is 0 Å². The molecule has 4 heteroatoms. The Morgan fingerprint density at radius 2 is 2.07 bits per heavy atom. The Balaban J connectivity index is 2.24. The lowest BCUT2D eigenvalue weighted by Crippen LogP contribution is -1.70. The molecule has 0 aliphatic rings. The molecule has 0 saturated carbocycles. The summed E-state index contributed by atoms with van der Waals surface area (Å²) in [6.45, 7) is 0. The van der Waals surface area contributed by atoms with Gasteiger partial charge in [0.15, 0.2) is 5.58 Å². The smallest absolute Gasteiger partial charge is 0.232 e. The number of aromatic nitrogens is 2. The van der Waals surface area contributed by atoms with Gasteiger partial charge in [-0.25, -0.2) is 4.98 Å². The molecule has 0 atom stereocenters. The number of hydrogen-bond donors (Lipinski definition) is 0. The van der Waals surface area contributed by atoms with E-state index in [1.165, 1.54) is 6.26 Å². The van der Waals surface area contributed by atoms with Crippen molar-refractivity contribution in [1.82, 2.24) is 10.1 Å². The molecule has 3 rings (SSSR count). The van der Waals surface area contributed by atoms with Gasteiger partial charge in [0.2, 0.25) is 5.89 Å². The molecule has 4 nitrogen and oxygen atoms in total. The molecule has 14 heavy (non-hydrogen) atoms. The molecule has 0 radical (unpaired) electrons. The number of para-hydroxylation sites is 2. The van der Waals surface area contributed by atoms with E-state index >= 15 is 0 Å². The van der Waals surface area contributed by atoms with Crippen LogP contribution in [-0.2, 0) is 0 Å². The summed E-state index contributed by atoms with van der Waals surface area (Å²) >= 11 is 0. The van der Waals surface area contributed by atoms with E-state index in [1.807, 2.05) is 24.3 Å². The Bertz CT molecular complexity index is 521. The minimum atomic E-state index is 0.535. The van der Waals surface area contributed by atoms with Crippen LogP contribution in [0.25, 0.3) is 22.6 Å². The molecule has 0 aliphatic heterocycles. The second kappa shape index (κ2) is 2.70. The quantitative estimate of drug-likeness (QED) is 0.585. The summed E-state index contributed by atoms with van der Waals surface area (Å²) in [5, 5.41) is 3.59. The van der Waals surface area contributed by atoms with Crippen molar-refractivity contribution in [3.63, 3.8) is 0 Å². The third-order valence-corrected chi connectivity index (χ3v) is 1.97. The SMILES string of the molecule is c1ccc2oc(-c3cnoc3)nc2c1. The van der Waals surface area contributed by atoms with Crippen LogP contribution in [0.3, 0.4) is 0 Å². The lowest BCUT2D eigenvalue weighted by Gasteiger charge is -1.82. The number of nitrogens with zero attached hydrogens (tertiary/aromatic N) is 2. The molecule has 0 unspecified atom stereocenters. The van der Waals surface area contributed by atoms with E-state index < -0.39 is 0 Å². The first-order chi connectivity index (χ1) is 6.93. The highest BCUT2D eigenvalue weighted by atomic mass is 16.5. The van der Waals surface area contributed by atoms with Crippen molar-refractivity contribution in [2.24, 2.45) is 0 Å². The van der Waals surface area contributed by atoms with Crippen molar-refractivity contribution in [2.45, 2.75) is 0 Å². The van der Waals surface area contributed by atoms with Crippen LogP contribution in [0, 0.1) is 0 Å². The largest absolute Gasteiger partial charge is 0.436 e. The topological polar surface area (TPSA) is 52.1 Å². The average molecular weight is 186 g/mol. The first kappa shape index (κ1) is 7.32. The van der Waals surface area contributed by atoms with Gasteiger partial charge in [-0.05, 0) is 12.1 Å². The molecular formula is C10H6N2O2. The van der Waals surface area contributed by atoms with E-state index in [9.17, 15) is 0 Å². The van der Waals surface area contributed by atoms with Crippen LogP contribution in [0.15, 0.2) is 45.7 Å². The second-order valence-electron chi connectivity index (χ2n) is 2.90. The lowest BCUT2D eigenvalue weighted by molar-refractivity contribution is 0.420. The predicted octanol–water partition coefficient (Wildman–Crippen LogP) is 2.48. The molecule has 2 aromatic heterocycles. The summed E-state index contributed by atoms with van der Waals surface area (Å²) in [4.78, 5) is 4.29. The molecule has 0 saturated heterocycles. The van der Waals surface area contributed by atoms with Gasteiger partial charge in [-0.15, -0.1) is 0 Å². The summed E-state index contributed by atoms with van der Waals surface area (Å²) in [6.07, 6.45) is 3.08. The summed E-state index contributed by atoms with van der Waals surface area (Å²) in [6, 6.07) is 7.60. The van der Waals surface area contributed by atoms with Gasteiger partial charge in [-0.1, -0.05) is 17.3 Å². The number of benzene rings is 1. The molecule has 0 N–H and O–H groups in total. The minimum absolute atomic E-state index is 0.535. The van der Waals surface area contributed by atoms with Crippen molar-refractivity contribution in [3.8, 4) is 11.5 Å². The Kier molecular flexibility index (Phi) is 1.41. The molecule has 68 valence electrons. The Labute approximate surface area is 79.1 Å². The van der Waals surface area contributed by atoms with Crippen LogP contribution < -0.4 is 0 Å². The van der Waals surface area contributed by atoms with Gasteiger partial charge >= 0.3 is 0 Å². The molecule has 0 fully saturated rings. The lowest BCUT2D eigenvalue weighted by atomic mass is 10.3. The number of rotatable bonds is 1. The first-order valence-corrected chi connectivity index (χ1v) is 4.19. The van der Waals surface area contributed by atoms with Gasteiger partial charge in [-0.2, -0.15) is 0 Å². The Hall–Kier alpha value is -2.10. The van der Waals surface area contributed by atoms with Crippen molar-refractivity contribution in [2.75, 3.05) is 0 Å². The molecule has 0 spiro atoms. The normalized spacial score (nSPS) is 10.9. The highest BCUT2D eigenvalue weighted by Crippen LogP contribution is 2.22. The van der Waals surface area contributed by atoms with Gasteiger partial charge in [0.05, 0.1) is 11.8 Å². The maximum Gasteiger partial charge on any atom is 0.232 e. The van der Waals surface area contributed by atoms with E-state index in [2.05, 4.69) is 10.1 Å². The van der Waals surface area contributed by atoms with Crippen molar-refractivity contribution < 1.29 is 8.94 Å². The highest BCUT2D eigenvalue weighted by Gasteiger charge is 2.08. The average Bonchev–Trinajstić information content (AvgIpc) is 2.86. The van der Waals surface area contributed by atoms with Crippen LogP contribution in [0.4, 0.5) is 0 Å². The van der Waals surface area contributed by atoms with Crippen LogP contribution in [-0.4, -0.2) is 10.1 Å². The fraction of sp³-hybridized carbons (Fsp3) is 0. The van der Waals surface area contributed by atoms with Crippen molar-refractivity contribution in [1.29, 1.82) is 0 Å². The maximum absolute atomic E-state index is 5.50. The second-order valence-corrected chi connectivity index (χ2v) is 2.90. The van der Waals surface area contributed by atoms with E-state index in [1.54, 1.807) is 6.20 Å². The molecule has 2 heterocycles. The Morgan fingerprint density at radius 1 is 1.14 bits per heavy atom. The number of fused-ring (bicyclic) bond motifs is 1. The van der Waals surface area contributed by atoms with E-state index in [-0.39, 0.29) is 0 Å². The zero-order chi connectivity index (χ0) is 9.38. The summed E-state index contributed by atoms with van der Waals surface area (Å²) in [5.41, 5.74) is 2.36. The highest BCUT2D eigenvalue weighted by molar-refractivity contribution is 5.75. The molecule has 0 amide bonds. The van der Waals surface area contributed by atoms with Crippen LogP contribution in [0.5, 0.6) is 0 Å². The van der Waals surface area contributed by atoms with Crippen LogP contribution in [0.1, 0.15) is 0 Å². The molecule has 0 bridgehead atoms. The van der Waals surface area contributed by atoms with Gasteiger partial charge in [0, 0.05) is 0 Å². The van der Waals surface area contributed by atoms with Gasteiger partial charge in [0.1, 0.15) is 11.8 Å². The fourth-order valence-corrected chi connectivity index (χ4v) is 1.31. The van der Waals surface area contributed by atoms with Crippen LogP contribution in [0.2, 0.25) is 0 Å². The first-order valence-electron chi connectivity index (χ1n) is 4.19. The van der Waals surface area contributed by atoms with Gasteiger partial charge < -0.3 is 8.94 Å². The maximum atomic E-state index is 5.50. The van der Waals surface area contributed by atoms with E-state index in [0.29, 0.717) is 5.89 Å². The fourth-order valence-electron chi connectivity index (χ4n) is 1.31. The van der Waals surface area contributed by atoms with Crippen molar-refractivity contribution >= 4 is 11.1 Å². The number of hydrogen-bond acceptors (Lipinski definition) is 4. The standard InChI is InChI=1S/C10H6N2O2/c1-2-4-9-8(3-1)12-10(14-9)7-5-11-13-6-7/h1-6H. The summed E-state index contributed by atoms with van der Waals surface area (Å²) in [5.74, 6) is 0.535. The summed E-state index contributed by atoms with van der Waals surface area (Å²) in [7, 11) is 0. The Morgan fingerprint density at radius 3 is 2.86 bits per heavy atom. The van der Waals surface area contributed by atoms with Crippen molar-refractivity contribution in [3.05, 3.63) is 36.7 Å². The summed E-state index contributed by atoms with van der Waals surface area (Å²) < 4.78 is 10.2. The predicted molar refractivity (Wildman–Crippen MR) is 49.5 cm³/mol. The van der Waals surface area contributed by atoms with E-state index in [4.69, 9.17) is 8.94 Å².